The van der Waals surface area contributed by atoms with E-state index in [1.165, 1.54) is 77.0 Å². The zero-order valence-electron chi connectivity index (χ0n) is 50.0. The highest BCUT2D eigenvalue weighted by molar-refractivity contribution is 5.72. The third-order valence-electron chi connectivity index (χ3n) is 20.3. The second-order valence-electron chi connectivity index (χ2n) is 27.1. The van der Waals surface area contributed by atoms with Crippen LogP contribution in [0.5, 0.6) is 0 Å². The fourth-order valence-corrected chi connectivity index (χ4v) is 14.7. The lowest BCUT2D eigenvalue weighted by Crippen LogP contribution is -2.56. The summed E-state index contributed by atoms with van der Waals surface area (Å²) >= 11 is 0. The first kappa shape index (κ1) is 63.0. The number of carbonyl (C=O) groups excluding carboxylic acids is 1. The van der Waals surface area contributed by atoms with Gasteiger partial charge in [-0.1, -0.05) is 167 Å². The third-order valence-corrected chi connectivity index (χ3v) is 20.3. The minimum Gasteiger partial charge on any atom is -0.465 e. The monoisotopic (exact) mass is 1030 g/mol. The standard InChI is InChI=1S/C63H116O10/c1-17-42(5)27-22-28-43(6)25-19-20-26-44(7)29-23-31-52(30-21-24-41(3)4)39-68-59(65)51(14)56(67-16)50(13)57-49(12)47(10)38-62(71-57)35-34-60(15,73-62)54-32-33-61(18-2,70-54)58-46(9)37-53(69-58)55-45(8)36-48(11)63(66,40-64)72-55/h41-58,64,66H,17-40H2,1-16H3/t42?,43?,44?,45-,46-,47-,48+,49+,50-,51-,52?,53?,54?,55?,56+,57?,58?,60-,61-,62+,63-/m0/s1. The molecule has 0 aromatic heterocycles. The van der Waals surface area contributed by atoms with Gasteiger partial charge in [0, 0.05) is 31.8 Å². The predicted molar refractivity (Wildman–Crippen MR) is 295 cm³/mol. The summed E-state index contributed by atoms with van der Waals surface area (Å²) in [4.78, 5) is 14.1. The van der Waals surface area contributed by atoms with Gasteiger partial charge in [-0.2, -0.15) is 0 Å². The molecule has 0 radical (unpaired) electrons. The maximum atomic E-state index is 14.1. The molecule has 0 aromatic rings. The van der Waals surface area contributed by atoms with Crippen molar-refractivity contribution in [3.05, 3.63) is 0 Å². The van der Waals surface area contributed by atoms with Crippen LogP contribution in [0, 0.1) is 71.0 Å². The molecule has 428 valence electrons. The van der Waals surface area contributed by atoms with E-state index in [1.54, 1.807) is 7.11 Å². The molecule has 73 heavy (non-hydrogen) atoms. The summed E-state index contributed by atoms with van der Waals surface area (Å²) < 4.78 is 47.7. The van der Waals surface area contributed by atoms with Crippen molar-refractivity contribution in [1.29, 1.82) is 0 Å². The summed E-state index contributed by atoms with van der Waals surface area (Å²) in [6.07, 6.45) is 23.2. The van der Waals surface area contributed by atoms with Crippen LogP contribution in [0.1, 0.15) is 245 Å². The SMILES string of the molecule is CCC(C)CCCC(C)CCCCC(C)CCCC(CCCC(C)C)COC(=O)[C@@H](C)[C@H](OC)[C@H](C)C1O[C@@]2(CC[C@@](C)(C3CC[C@@](CC)(C4OC(C5O[C@@](O)(CO)[C@H](C)C[C@@H]5C)C[C@@H]4C)O3)O2)C[C@H](C)[C@H]1C. The van der Waals surface area contributed by atoms with E-state index in [0.717, 1.165) is 82.0 Å². The van der Waals surface area contributed by atoms with Crippen LogP contribution in [-0.4, -0.2) is 95.9 Å². The van der Waals surface area contributed by atoms with Gasteiger partial charge in [0.2, 0.25) is 0 Å². The van der Waals surface area contributed by atoms with E-state index in [2.05, 4.69) is 90.0 Å². The zero-order chi connectivity index (χ0) is 53.9. The molecule has 0 bridgehead atoms. The molecule has 2 N–H and O–H groups in total. The molecular formula is C63H116O10. The van der Waals surface area contributed by atoms with Crippen LogP contribution in [0.3, 0.4) is 0 Å². The Hall–Kier alpha value is -0.850. The molecule has 0 aromatic carbocycles. The molecule has 5 aliphatic heterocycles. The average Bonchev–Trinajstić information content (AvgIpc) is 4.07. The van der Waals surface area contributed by atoms with Gasteiger partial charge in [0.15, 0.2) is 11.6 Å². The molecule has 5 aliphatic rings. The van der Waals surface area contributed by atoms with Gasteiger partial charge in [-0.05, 0) is 118 Å². The Kier molecular flexibility index (Phi) is 24.5. The number of hydrogen-bond acceptors (Lipinski definition) is 10. The number of aliphatic hydroxyl groups excluding tert-OH is 1. The highest BCUT2D eigenvalue weighted by Gasteiger charge is 2.62. The number of unbranched alkanes of at least 4 members (excludes halogenated alkanes) is 1. The van der Waals surface area contributed by atoms with Gasteiger partial charge >= 0.3 is 5.97 Å². The predicted octanol–water partition coefficient (Wildman–Crippen LogP) is 14.7. The Labute approximate surface area is 448 Å². The summed E-state index contributed by atoms with van der Waals surface area (Å²) in [5.74, 6) is 1.39. The lowest BCUT2D eigenvalue weighted by Gasteiger charge is -2.49. The van der Waals surface area contributed by atoms with Crippen molar-refractivity contribution >= 4 is 5.97 Å². The molecule has 0 aliphatic carbocycles. The topological polar surface area (TPSA) is 122 Å². The number of carbonyl (C=O) groups is 1. The minimum absolute atomic E-state index is 0.0735. The van der Waals surface area contributed by atoms with Crippen molar-refractivity contribution in [3.8, 4) is 0 Å². The number of esters is 1. The molecule has 5 saturated heterocycles. The third kappa shape index (κ3) is 16.4. The van der Waals surface area contributed by atoms with Gasteiger partial charge in [-0.3, -0.25) is 4.79 Å². The average molecular weight is 1030 g/mol. The van der Waals surface area contributed by atoms with E-state index in [9.17, 15) is 15.0 Å². The Morgan fingerprint density at radius 2 is 1.34 bits per heavy atom. The summed E-state index contributed by atoms with van der Waals surface area (Å²) in [6, 6.07) is 0. The van der Waals surface area contributed by atoms with Gasteiger partial charge in [0.05, 0.1) is 67.0 Å². The van der Waals surface area contributed by atoms with E-state index in [-0.39, 0.29) is 72.2 Å². The normalized spacial score (nSPS) is 38.9. The second-order valence-corrected chi connectivity index (χ2v) is 27.1. The van der Waals surface area contributed by atoms with Gasteiger partial charge in [-0.25, -0.2) is 0 Å². The van der Waals surface area contributed by atoms with Crippen LogP contribution >= 0.6 is 0 Å². The van der Waals surface area contributed by atoms with Gasteiger partial charge in [0.1, 0.15) is 0 Å². The first-order valence-electron chi connectivity index (χ1n) is 30.9. The van der Waals surface area contributed by atoms with E-state index in [0.29, 0.717) is 24.4 Å². The molecule has 1 spiro atoms. The van der Waals surface area contributed by atoms with E-state index in [4.69, 9.17) is 33.2 Å². The first-order valence-corrected chi connectivity index (χ1v) is 30.9. The molecule has 10 nitrogen and oxygen atoms in total. The molecule has 0 amide bonds. The molecule has 5 rings (SSSR count). The van der Waals surface area contributed by atoms with Crippen LogP contribution in [0.4, 0.5) is 0 Å². The number of rotatable bonds is 30. The molecule has 5 fully saturated rings. The van der Waals surface area contributed by atoms with E-state index in [1.807, 2.05) is 13.8 Å². The van der Waals surface area contributed by atoms with E-state index >= 15 is 0 Å². The summed E-state index contributed by atoms with van der Waals surface area (Å²) in [6.45, 7) is 33.9. The van der Waals surface area contributed by atoms with Gasteiger partial charge in [0.25, 0.3) is 0 Å². The van der Waals surface area contributed by atoms with Crippen LogP contribution in [0.15, 0.2) is 0 Å². The van der Waals surface area contributed by atoms with Crippen molar-refractivity contribution in [2.45, 2.75) is 305 Å². The maximum absolute atomic E-state index is 14.1. The Morgan fingerprint density at radius 3 is 1.95 bits per heavy atom. The molecular weight excluding hydrogens is 917 g/mol. The van der Waals surface area contributed by atoms with Crippen molar-refractivity contribution in [2.75, 3.05) is 20.3 Å². The minimum atomic E-state index is -1.55. The summed E-state index contributed by atoms with van der Waals surface area (Å²) in [5.41, 5.74) is -0.993. The quantitative estimate of drug-likeness (QED) is 0.0531. The number of ether oxygens (including phenoxy) is 7. The molecule has 10 heteroatoms. The van der Waals surface area contributed by atoms with Crippen molar-refractivity contribution < 1.29 is 48.2 Å². The second kappa shape index (κ2) is 28.3. The van der Waals surface area contributed by atoms with Gasteiger partial charge < -0.3 is 43.4 Å². The lowest BCUT2D eigenvalue weighted by atomic mass is 9.74. The van der Waals surface area contributed by atoms with E-state index < -0.39 is 35.3 Å². The lowest BCUT2D eigenvalue weighted by molar-refractivity contribution is -0.331. The van der Waals surface area contributed by atoms with Crippen LogP contribution in [-0.2, 0) is 38.0 Å². The molecule has 5 heterocycles. The molecule has 21 atom stereocenters. The summed E-state index contributed by atoms with van der Waals surface area (Å²) in [7, 11) is 1.74. The molecule has 9 unspecified atom stereocenters. The van der Waals surface area contributed by atoms with Crippen LogP contribution in [0.2, 0.25) is 0 Å². The smallest absolute Gasteiger partial charge is 0.311 e. The number of aliphatic hydroxyl groups is 2. The molecule has 0 saturated carbocycles. The van der Waals surface area contributed by atoms with Crippen LogP contribution < -0.4 is 0 Å². The summed E-state index contributed by atoms with van der Waals surface area (Å²) in [5, 5.41) is 21.2. The number of hydrogen-bond donors (Lipinski definition) is 2. The highest BCUT2D eigenvalue weighted by Crippen LogP contribution is 2.56. The largest absolute Gasteiger partial charge is 0.465 e. The number of methoxy groups -OCH3 is 1. The Morgan fingerprint density at radius 1 is 0.726 bits per heavy atom. The Bertz CT molecular complexity index is 1610. The highest BCUT2D eigenvalue weighted by atomic mass is 16.7. The fourth-order valence-electron chi connectivity index (χ4n) is 14.7. The maximum Gasteiger partial charge on any atom is 0.311 e. The van der Waals surface area contributed by atoms with Gasteiger partial charge in [-0.15, -0.1) is 0 Å². The fraction of sp³-hybridized carbons (Fsp3) is 0.984. The van der Waals surface area contributed by atoms with Crippen molar-refractivity contribution in [2.24, 2.45) is 71.0 Å². The van der Waals surface area contributed by atoms with Crippen molar-refractivity contribution in [3.63, 3.8) is 0 Å². The van der Waals surface area contributed by atoms with Crippen LogP contribution in [0.25, 0.3) is 0 Å². The Balaban J connectivity index is 1.13. The van der Waals surface area contributed by atoms with Crippen molar-refractivity contribution in [1.82, 2.24) is 0 Å². The first-order chi connectivity index (χ1) is 34.5. The zero-order valence-corrected chi connectivity index (χ0v) is 50.0.